The number of rotatable bonds is 9. The Morgan fingerprint density at radius 1 is 0.792 bits per heavy atom. The summed E-state index contributed by atoms with van der Waals surface area (Å²) in [6, 6.07) is 3.35. The fourth-order valence-electron chi connectivity index (χ4n) is 2.44. The molecule has 6 nitrogen and oxygen atoms in total. The maximum atomic E-state index is 11.9. The van der Waals surface area contributed by atoms with E-state index in [9.17, 15) is 9.59 Å². The van der Waals surface area contributed by atoms with E-state index in [1.165, 1.54) is 12.5 Å². The molecule has 0 unspecified atom stereocenters. The third-order valence-electron chi connectivity index (χ3n) is 3.88. The Bertz CT molecular complexity index is 614. The number of nitrogens with one attached hydrogen (secondary N) is 2. The first kappa shape index (κ1) is 17.8. The van der Waals surface area contributed by atoms with Gasteiger partial charge in [0.2, 0.25) is 0 Å². The molecule has 0 bridgehead atoms. The van der Waals surface area contributed by atoms with E-state index in [2.05, 4.69) is 10.6 Å². The van der Waals surface area contributed by atoms with E-state index < -0.39 is 0 Å². The molecule has 2 aromatic heterocycles. The molecule has 130 valence electrons. The molecule has 0 aromatic carbocycles. The van der Waals surface area contributed by atoms with E-state index in [-0.39, 0.29) is 11.8 Å². The van der Waals surface area contributed by atoms with Crippen LogP contribution in [-0.4, -0.2) is 24.9 Å². The van der Waals surface area contributed by atoms with Gasteiger partial charge in [0.25, 0.3) is 11.8 Å². The van der Waals surface area contributed by atoms with Gasteiger partial charge in [0.1, 0.15) is 11.5 Å². The van der Waals surface area contributed by atoms with Crippen molar-refractivity contribution in [3.05, 3.63) is 47.3 Å². The van der Waals surface area contributed by atoms with Crippen molar-refractivity contribution in [3.63, 3.8) is 0 Å². The van der Waals surface area contributed by atoms with Crippen molar-refractivity contribution in [2.45, 2.75) is 39.5 Å². The molecule has 0 spiro atoms. The lowest BCUT2D eigenvalue weighted by molar-refractivity contribution is 0.0941. The number of unbranched alkanes of at least 4 members (excludes halogenated alkanes) is 3. The summed E-state index contributed by atoms with van der Waals surface area (Å²) in [6.45, 7) is 4.83. The van der Waals surface area contributed by atoms with E-state index >= 15 is 0 Å². The van der Waals surface area contributed by atoms with Crippen LogP contribution >= 0.6 is 0 Å². The van der Waals surface area contributed by atoms with Crippen LogP contribution in [0.5, 0.6) is 0 Å². The minimum atomic E-state index is -0.0935. The van der Waals surface area contributed by atoms with Crippen molar-refractivity contribution in [1.82, 2.24) is 10.6 Å². The van der Waals surface area contributed by atoms with E-state index in [4.69, 9.17) is 8.83 Å². The lowest BCUT2D eigenvalue weighted by Crippen LogP contribution is -2.25. The zero-order valence-electron chi connectivity index (χ0n) is 14.2. The third-order valence-corrected chi connectivity index (χ3v) is 3.88. The van der Waals surface area contributed by atoms with Crippen LogP contribution in [0.2, 0.25) is 0 Å². The zero-order chi connectivity index (χ0) is 17.4. The van der Waals surface area contributed by atoms with Crippen LogP contribution in [0.1, 0.15) is 57.9 Å². The fraction of sp³-hybridized carbons (Fsp3) is 0.444. The standard InChI is InChI=1S/C18H24N2O4/c1-13-15(7-11-23-13)17(21)19-9-5-3-4-6-10-20-18(22)16-8-12-24-14(16)2/h7-8,11-12H,3-6,9-10H2,1-2H3,(H,19,21)(H,20,22). The molecule has 0 fully saturated rings. The number of amides is 2. The first-order valence-corrected chi connectivity index (χ1v) is 8.24. The van der Waals surface area contributed by atoms with E-state index in [0.29, 0.717) is 35.7 Å². The molecule has 2 rings (SSSR count). The van der Waals surface area contributed by atoms with E-state index in [1.54, 1.807) is 26.0 Å². The van der Waals surface area contributed by atoms with Gasteiger partial charge in [-0.15, -0.1) is 0 Å². The van der Waals surface area contributed by atoms with Gasteiger partial charge in [0.05, 0.1) is 23.7 Å². The van der Waals surface area contributed by atoms with Crippen molar-refractivity contribution in [2.75, 3.05) is 13.1 Å². The average molecular weight is 332 g/mol. The maximum Gasteiger partial charge on any atom is 0.254 e. The van der Waals surface area contributed by atoms with Gasteiger partial charge in [-0.25, -0.2) is 0 Å². The first-order valence-electron chi connectivity index (χ1n) is 8.24. The molecule has 0 atom stereocenters. The lowest BCUT2D eigenvalue weighted by Gasteiger charge is -2.06. The molecule has 0 aliphatic carbocycles. The van der Waals surface area contributed by atoms with E-state index in [1.807, 2.05) is 0 Å². The predicted octanol–water partition coefficient (Wildman–Crippen LogP) is 3.21. The quantitative estimate of drug-likeness (QED) is 0.691. The SMILES string of the molecule is Cc1occc1C(=O)NCCCCCCNC(=O)c1ccoc1C. The summed E-state index contributed by atoms with van der Waals surface area (Å²) >= 11 is 0. The molecule has 24 heavy (non-hydrogen) atoms. The highest BCUT2D eigenvalue weighted by Gasteiger charge is 2.11. The molecule has 6 heteroatoms. The second-order valence-electron chi connectivity index (χ2n) is 5.71. The zero-order valence-corrected chi connectivity index (χ0v) is 14.2. The largest absolute Gasteiger partial charge is 0.469 e. The summed E-state index contributed by atoms with van der Waals surface area (Å²) in [4.78, 5) is 23.7. The average Bonchev–Trinajstić information content (AvgIpc) is 3.17. The Labute approximate surface area is 141 Å². The monoisotopic (exact) mass is 332 g/mol. The van der Waals surface area contributed by atoms with Crippen LogP contribution in [0.15, 0.2) is 33.5 Å². The lowest BCUT2D eigenvalue weighted by atomic mass is 10.2. The maximum absolute atomic E-state index is 11.9. The highest BCUT2D eigenvalue weighted by Crippen LogP contribution is 2.09. The van der Waals surface area contributed by atoms with Gasteiger partial charge in [-0.1, -0.05) is 12.8 Å². The van der Waals surface area contributed by atoms with Crippen LogP contribution in [0.25, 0.3) is 0 Å². The fourth-order valence-corrected chi connectivity index (χ4v) is 2.44. The first-order chi connectivity index (χ1) is 11.6. The molecular weight excluding hydrogens is 308 g/mol. The molecular formula is C18H24N2O4. The second-order valence-corrected chi connectivity index (χ2v) is 5.71. The van der Waals surface area contributed by atoms with Crippen molar-refractivity contribution in [3.8, 4) is 0 Å². The molecule has 0 saturated heterocycles. The summed E-state index contributed by atoms with van der Waals surface area (Å²) in [6.07, 6.45) is 6.87. The molecule has 0 saturated carbocycles. The Morgan fingerprint density at radius 3 is 1.54 bits per heavy atom. The summed E-state index contributed by atoms with van der Waals surface area (Å²) in [5.41, 5.74) is 1.18. The minimum absolute atomic E-state index is 0.0935. The Balaban J connectivity index is 1.50. The summed E-state index contributed by atoms with van der Waals surface area (Å²) < 4.78 is 10.2. The molecule has 2 heterocycles. The number of aryl methyl sites for hydroxylation is 2. The van der Waals surface area contributed by atoms with Gasteiger partial charge < -0.3 is 19.5 Å². The second kappa shape index (κ2) is 8.96. The van der Waals surface area contributed by atoms with Crippen molar-refractivity contribution < 1.29 is 18.4 Å². The van der Waals surface area contributed by atoms with Gasteiger partial charge >= 0.3 is 0 Å². The van der Waals surface area contributed by atoms with Gasteiger partial charge in [0, 0.05) is 13.1 Å². The molecule has 0 radical (unpaired) electrons. The number of hydrogen-bond acceptors (Lipinski definition) is 4. The van der Waals surface area contributed by atoms with Crippen LogP contribution in [0.4, 0.5) is 0 Å². The molecule has 2 amide bonds. The van der Waals surface area contributed by atoms with Crippen LogP contribution in [0, 0.1) is 13.8 Å². The summed E-state index contributed by atoms with van der Waals surface area (Å²) in [5, 5.41) is 5.76. The van der Waals surface area contributed by atoms with Gasteiger partial charge in [-0.2, -0.15) is 0 Å². The molecule has 2 N–H and O–H groups in total. The summed E-state index contributed by atoms with van der Waals surface area (Å²) in [5.74, 6) is 1.08. The van der Waals surface area contributed by atoms with Crippen LogP contribution < -0.4 is 10.6 Å². The Morgan fingerprint density at radius 2 is 1.21 bits per heavy atom. The molecule has 0 aliphatic heterocycles. The van der Waals surface area contributed by atoms with Crippen LogP contribution in [-0.2, 0) is 0 Å². The highest BCUT2D eigenvalue weighted by atomic mass is 16.3. The van der Waals surface area contributed by atoms with Gasteiger partial charge in [0.15, 0.2) is 0 Å². The predicted molar refractivity (Wildman–Crippen MR) is 90.0 cm³/mol. The van der Waals surface area contributed by atoms with E-state index in [0.717, 1.165) is 25.7 Å². The van der Waals surface area contributed by atoms with Gasteiger partial charge in [-0.3, -0.25) is 9.59 Å². The van der Waals surface area contributed by atoms with Crippen LogP contribution in [0.3, 0.4) is 0 Å². The number of carbonyl (C=O) groups is 2. The third kappa shape index (κ3) is 5.01. The van der Waals surface area contributed by atoms with Gasteiger partial charge in [-0.05, 0) is 38.8 Å². The smallest absolute Gasteiger partial charge is 0.254 e. The molecule has 2 aromatic rings. The van der Waals surface area contributed by atoms with Crippen molar-refractivity contribution in [1.29, 1.82) is 0 Å². The highest BCUT2D eigenvalue weighted by molar-refractivity contribution is 5.95. The molecule has 0 aliphatic rings. The topological polar surface area (TPSA) is 84.5 Å². The normalized spacial score (nSPS) is 10.6. The minimum Gasteiger partial charge on any atom is -0.469 e. The summed E-state index contributed by atoms with van der Waals surface area (Å²) in [7, 11) is 0. The Kier molecular flexibility index (Phi) is 6.66. The Hall–Kier alpha value is -2.50. The van der Waals surface area contributed by atoms with Crippen molar-refractivity contribution >= 4 is 11.8 Å². The number of hydrogen-bond donors (Lipinski definition) is 2. The number of carbonyl (C=O) groups excluding carboxylic acids is 2. The van der Waals surface area contributed by atoms with Crippen molar-refractivity contribution in [2.24, 2.45) is 0 Å². The number of furan rings is 2.